The Morgan fingerprint density at radius 2 is 2.24 bits per heavy atom. The first-order valence-corrected chi connectivity index (χ1v) is 6.79. The number of hydrogen-bond donors (Lipinski definition) is 1. The Balaban J connectivity index is 2.36. The molecule has 0 aliphatic carbocycles. The molecule has 2 aromatic heterocycles. The third-order valence-corrected chi connectivity index (χ3v) is 3.95. The standard InChI is InChI=1S/C11H12N2O2S2/c1-13(2)9(7-3-4-16-5-7)10-12-8(6-17-10)11(14)15/h3-6,9H,1-2H3,(H,14,15). The molecule has 2 aromatic rings. The van der Waals surface area contributed by atoms with E-state index in [1.807, 2.05) is 30.4 Å². The molecule has 2 rings (SSSR count). The van der Waals surface area contributed by atoms with Crippen LogP contribution in [-0.2, 0) is 0 Å². The van der Waals surface area contributed by atoms with Crippen molar-refractivity contribution in [2.45, 2.75) is 6.04 Å². The van der Waals surface area contributed by atoms with Crippen LogP contribution in [0, 0.1) is 0 Å². The Hall–Kier alpha value is -1.24. The summed E-state index contributed by atoms with van der Waals surface area (Å²) in [6.07, 6.45) is 0. The molecule has 0 aliphatic heterocycles. The summed E-state index contributed by atoms with van der Waals surface area (Å²) >= 11 is 3.01. The molecule has 0 saturated carbocycles. The first-order chi connectivity index (χ1) is 8.09. The summed E-state index contributed by atoms with van der Waals surface area (Å²) in [6.45, 7) is 0. The Morgan fingerprint density at radius 1 is 1.47 bits per heavy atom. The van der Waals surface area contributed by atoms with Gasteiger partial charge in [-0.15, -0.1) is 11.3 Å². The van der Waals surface area contributed by atoms with E-state index in [9.17, 15) is 4.79 Å². The summed E-state index contributed by atoms with van der Waals surface area (Å²) in [5.41, 5.74) is 1.26. The maximum atomic E-state index is 10.8. The predicted octanol–water partition coefficient (Wildman–Crippen LogP) is 2.55. The van der Waals surface area contributed by atoms with Crippen LogP contribution >= 0.6 is 22.7 Å². The Kier molecular flexibility index (Phi) is 3.56. The summed E-state index contributed by atoms with van der Waals surface area (Å²) in [6, 6.07) is 2.07. The molecule has 0 spiro atoms. The van der Waals surface area contributed by atoms with Gasteiger partial charge in [-0.3, -0.25) is 4.90 Å². The molecule has 1 unspecified atom stereocenters. The van der Waals surface area contributed by atoms with E-state index in [0.29, 0.717) is 0 Å². The van der Waals surface area contributed by atoms with Gasteiger partial charge in [-0.2, -0.15) is 11.3 Å². The summed E-state index contributed by atoms with van der Waals surface area (Å²) in [7, 11) is 3.92. The SMILES string of the molecule is CN(C)C(c1ccsc1)c1nc(C(=O)O)cs1. The average molecular weight is 268 g/mol. The van der Waals surface area contributed by atoms with Crippen LogP contribution in [0.25, 0.3) is 0 Å². The number of carboxylic acids is 1. The molecule has 0 amide bonds. The lowest BCUT2D eigenvalue weighted by molar-refractivity contribution is 0.0691. The molecular formula is C11H12N2O2S2. The molecule has 0 aliphatic rings. The highest BCUT2D eigenvalue weighted by Crippen LogP contribution is 2.30. The van der Waals surface area contributed by atoms with Crippen molar-refractivity contribution in [1.82, 2.24) is 9.88 Å². The second-order valence-corrected chi connectivity index (χ2v) is 5.47. The van der Waals surface area contributed by atoms with Gasteiger partial charge in [-0.1, -0.05) is 0 Å². The van der Waals surface area contributed by atoms with Gasteiger partial charge in [0.2, 0.25) is 0 Å². The number of hydrogen-bond acceptors (Lipinski definition) is 5. The third-order valence-electron chi connectivity index (χ3n) is 2.35. The van der Waals surface area contributed by atoms with Crippen LogP contribution in [0.15, 0.2) is 22.2 Å². The van der Waals surface area contributed by atoms with Gasteiger partial charge in [-0.25, -0.2) is 9.78 Å². The maximum Gasteiger partial charge on any atom is 0.355 e. The number of thiazole rings is 1. The topological polar surface area (TPSA) is 53.4 Å². The molecule has 2 heterocycles. The molecule has 0 bridgehead atoms. The molecule has 6 heteroatoms. The van der Waals surface area contributed by atoms with E-state index in [1.54, 1.807) is 16.7 Å². The first-order valence-electron chi connectivity index (χ1n) is 4.97. The van der Waals surface area contributed by atoms with Gasteiger partial charge in [0.1, 0.15) is 5.01 Å². The van der Waals surface area contributed by atoms with Crippen LogP contribution in [0.3, 0.4) is 0 Å². The Bertz CT molecular complexity index is 505. The molecule has 4 nitrogen and oxygen atoms in total. The number of thiophene rings is 1. The maximum absolute atomic E-state index is 10.8. The van der Waals surface area contributed by atoms with Crippen LogP contribution in [0.1, 0.15) is 27.1 Å². The van der Waals surface area contributed by atoms with Gasteiger partial charge >= 0.3 is 5.97 Å². The summed E-state index contributed by atoms with van der Waals surface area (Å²) in [5.74, 6) is -0.977. The van der Waals surface area contributed by atoms with E-state index in [4.69, 9.17) is 5.11 Å². The largest absolute Gasteiger partial charge is 0.476 e. The van der Waals surface area contributed by atoms with Crippen molar-refractivity contribution < 1.29 is 9.90 Å². The van der Waals surface area contributed by atoms with Crippen molar-refractivity contribution in [2.75, 3.05) is 14.1 Å². The lowest BCUT2D eigenvalue weighted by Crippen LogP contribution is -2.20. The summed E-state index contributed by atoms with van der Waals surface area (Å²) < 4.78 is 0. The van der Waals surface area contributed by atoms with E-state index in [-0.39, 0.29) is 11.7 Å². The lowest BCUT2D eigenvalue weighted by Gasteiger charge is -2.21. The van der Waals surface area contributed by atoms with Crippen molar-refractivity contribution in [3.8, 4) is 0 Å². The highest BCUT2D eigenvalue weighted by Gasteiger charge is 2.21. The number of aromatic carboxylic acids is 1. The Labute approximate surface area is 107 Å². The predicted molar refractivity (Wildman–Crippen MR) is 68.9 cm³/mol. The fourth-order valence-electron chi connectivity index (χ4n) is 1.60. The molecular weight excluding hydrogens is 256 g/mol. The van der Waals surface area contributed by atoms with E-state index in [1.165, 1.54) is 11.3 Å². The number of aromatic nitrogens is 1. The average Bonchev–Trinajstić information content (AvgIpc) is 2.88. The van der Waals surface area contributed by atoms with Crippen LogP contribution in [0.5, 0.6) is 0 Å². The number of nitrogens with zero attached hydrogens (tertiary/aromatic N) is 2. The number of rotatable bonds is 4. The Morgan fingerprint density at radius 3 is 2.71 bits per heavy atom. The third kappa shape index (κ3) is 2.54. The van der Waals surface area contributed by atoms with Gasteiger partial charge in [-0.05, 0) is 36.5 Å². The van der Waals surface area contributed by atoms with E-state index in [2.05, 4.69) is 10.4 Å². The fraction of sp³-hybridized carbons (Fsp3) is 0.273. The minimum atomic E-state index is -0.977. The minimum absolute atomic E-state index is 0.0272. The molecule has 0 saturated heterocycles. The first kappa shape index (κ1) is 12.2. The molecule has 1 N–H and O–H groups in total. The van der Waals surface area contributed by atoms with Gasteiger partial charge in [0.15, 0.2) is 5.69 Å². The van der Waals surface area contributed by atoms with Crippen LogP contribution in [-0.4, -0.2) is 35.1 Å². The van der Waals surface area contributed by atoms with Gasteiger partial charge in [0.05, 0.1) is 6.04 Å². The van der Waals surface area contributed by atoms with Crippen molar-refractivity contribution in [1.29, 1.82) is 0 Å². The van der Waals surface area contributed by atoms with Crippen molar-refractivity contribution in [3.63, 3.8) is 0 Å². The van der Waals surface area contributed by atoms with E-state index in [0.717, 1.165) is 10.6 Å². The molecule has 90 valence electrons. The lowest BCUT2D eigenvalue weighted by atomic mass is 10.1. The highest BCUT2D eigenvalue weighted by molar-refractivity contribution is 7.10. The van der Waals surface area contributed by atoms with Gasteiger partial charge in [0, 0.05) is 5.38 Å². The summed E-state index contributed by atoms with van der Waals surface area (Å²) in [4.78, 5) is 17.0. The molecule has 0 aromatic carbocycles. The molecule has 17 heavy (non-hydrogen) atoms. The minimum Gasteiger partial charge on any atom is -0.476 e. The second kappa shape index (κ2) is 4.95. The quantitative estimate of drug-likeness (QED) is 0.926. The van der Waals surface area contributed by atoms with Crippen LogP contribution in [0.2, 0.25) is 0 Å². The zero-order valence-corrected chi connectivity index (χ0v) is 11.1. The highest BCUT2D eigenvalue weighted by atomic mass is 32.1. The zero-order valence-electron chi connectivity index (χ0n) is 9.45. The van der Waals surface area contributed by atoms with Gasteiger partial charge < -0.3 is 5.11 Å². The molecule has 0 fully saturated rings. The van der Waals surface area contributed by atoms with Crippen molar-refractivity contribution in [3.05, 3.63) is 38.5 Å². The van der Waals surface area contributed by atoms with E-state index < -0.39 is 5.97 Å². The zero-order chi connectivity index (χ0) is 12.4. The fourth-order valence-corrected chi connectivity index (χ4v) is 3.30. The normalized spacial score (nSPS) is 12.9. The van der Waals surface area contributed by atoms with Crippen molar-refractivity contribution in [2.24, 2.45) is 0 Å². The summed E-state index contributed by atoms with van der Waals surface area (Å²) in [5, 5.41) is 15.3. The number of carboxylic acid groups (broad SMARTS) is 1. The van der Waals surface area contributed by atoms with Crippen LogP contribution < -0.4 is 0 Å². The smallest absolute Gasteiger partial charge is 0.355 e. The van der Waals surface area contributed by atoms with Gasteiger partial charge in [0.25, 0.3) is 0 Å². The number of carbonyl (C=O) groups is 1. The van der Waals surface area contributed by atoms with E-state index >= 15 is 0 Å². The monoisotopic (exact) mass is 268 g/mol. The van der Waals surface area contributed by atoms with Crippen LogP contribution in [0.4, 0.5) is 0 Å². The van der Waals surface area contributed by atoms with Crippen molar-refractivity contribution >= 4 is 28.6 Å². The second-order valence-electron chi connectivity index (χ2n) is 3.80. The molecule has 1 atom stereocenters. The molecule has 0 radical (unpaired) electrons.